The van der Waals surface area contributed by atoms with Crippen LogP contribution in [0.4, 0.5) is 0 Å². The van der Waals surface area contributed by atoms with Crippen molar-refractivity contribution >= 4 is 11.2 Å². The molecule has 1 N–H and O–H groups in total. The van der Waals surface area contributed by atoms with Crippen LogP contribution in [-0.4, -0.2) is 21.3 Å². The van der Waals surface area contributed by atoms with Gasteiger partial charge in [-0.1, -0.05) is 66.2 Å². The second-order valence-electron chi connectivity index (χ2n) is 8.78. The highest BCUT2D eigenvalue weighted by molar-refractivity contribution is 5.68. The Morgan fingerprint density at radius 2 is 1.67 bits per heavy atom. The van der Waals surface area contributed by atoms with Gasteiger partial charge in [0.05, 0.1) is 0 Å². The van der Waals surface area contributed by atoms with Crippen LogP contribution < -0.4 is 5.76 Å². The van der Waals surface area contributed by atoms with Gasteiger partial charge < -0.3 is 9.52 Å². The first kappa shape index (κ1) is 26.4. The lowest BCUT2D eigenvalue weighted by molar-refractivity contribution is 0.208. The summed E-state index contributed by atoms with van der Waals surface area (Å²) in [7, 11) is 0. The Bertz CT molecular complexity index is 766. The lowest BCUT2D eigenvalue weighted by Crippen LogP contribution is -2.21. The zero-order chi connectivity index (χ0) is 22.6. The maximum atomic E-state index is 12.0. The lowest BCUT2D eigenvalue weighted by atomic mass is 9.74. The first-order chi connectivity index (χ1) is 14.4. The van der Waals surface area contributed by atoms with Crippen molar-refractivity contribution in [2.45, 2.75) is 112 Å². The number of rotatable bonds is 6. The average molecular weight is 421 g/mol. The standard InChI is InChI=1S/C14H20N2O2.C9H18.C2H6O/c1-4-6-11(7-5-2)16-13-12(18-14(16)17)9-8-10(3)15-13;1-3-9(2)7-5-4-6-8-9;1-2-3/h8-9,11H,4-7H2,1-3H3;3-8H2,1-2H3;3H,2H2,1H3. The van der Waals surface area contributed by atoms with Crippen molar-refractivity contribution in [3.05, 3.63) is 28.4 Å². The summed E-state index contributed by atoms with van der Waals surface area (Å²) in [4.78, 5) is 16.4. The molecule has 1 fully saturated rings. The minimum absolute atomic E-state index is 0.197. The topological polar surface area (TPSA) is 68.3 Å². The van der Waals surface area contributed by atoms with Crippen molar-refractivity contribution in [1.82, 2.24) is 9.55 Å². The Labute approximate surface area is 182 Å². The molecule has 2 aromatic rings. The number of pyridine rings is 1. The Kier molecular flexibility index (Phi) is 12.0. The van der Waals surface area contributed by atoms with Crippen LogP contribution in [0.3, 0.4) is 0 Å². The Balaban J connectivity index is 0.000000313. The van der Waals surface area contributed by atoms with E-state index in [0.717, 1.165) is 36.8 Å². The van der Waals surface area contributed by atoms with Crippen LogP contribution in [0, 0.1) is 12.3 Å². The number of aliphatic hydroxyl groups excluding tert-OH is 1. The van der Waals surface area contributed by atoms with Crippen LogP contribution in [0.25, 0.3) is 11.2 Å². The van der Waals surface area contributed by atoms with Gasteiger partial charge in [0, 0.05) is 18.3 Å². The highest BCUT2D eigenvalue weighted by atomic mass is 16.4. The summed E-state index contributed by atoms with van der Waals surface area (Å²) < 4.78 is 7.00. The van der Waals surface area contributed by atoms with Crippen molar-refractivity contribution < 1.29 is 9.52 Å². The van der Waals surface area contributed by atoms with Crippen molar-refractivity contribution in [1.29, 1.82) is 0 Å². The third kappa shape index (κ3) is 7.90. The summed E-state index contributed by atoms with van der Waals surface area (Å²) in [5.41, 5.74) is 2.90. The van der Waals surface area contributed by atoms with E-state index >= 15 is 0 Å². The monoisotopic (exact) mass is 420 g/mol. The molecule has 0 bridgehead atoms. The molecule has 0 aliphatic heterocycles. The summed E-state index contributed by atoms with van der Waals surface area (Å²) in [6, 6.07) is 3.89. The van der Waals surface area contributed by atoms with E-state index in [0.29, 0.717) is 11.2 Å². The molecule has 0 unspecified atom stereocenters. The van der Waals surface area contributed by atoms with E-state index in [1.807, 2.05) is 19.1 Å². The number of nitrogens with zero attached hydrogens (tertiary/aromatic N) is 2. The number of aromatic nitrogens is 2. The molecule has 1 aliphatic carbocycles. The molecule has 2 heterocycles. The molecule has 1 aliphatic rings. The summed E-state index contributed by atoms with van der Waals surface area (Å²) in [6.45, 7) is 12.9. The maximum Gasteiger partial charge on any atom is 0.421 e. The molecule has 0 amide bonds. The van der Waals surface area contributed by atoms with Gasteiger partial charge in [-0.2, -0.15) is 0 Å². The van der Waals surface area contributed by atoms with Crippen LogP contribution in [0.5, 0.6) is 0 Å². The van der Waals surface area contributed by atoms with Gasteiger partial charge in [-0.3, -0.25) is 4.57 Å². The average Bonchev–Trinajstić information content (AvgIpc) is 3.04. The Morgan fingerprint density at radius 3 is 2.13 bits per heavy atom. The van der Waals surface area contributed by atoms with E-state index in [9.17, 15) is 4.79 Å². The van der Waals surface area contributed by atoms with E-state index in [2.05, 4.69) is 32.7 Å². The maximum absolute atomic E-state index is 12.0. The highest BCUT2D eigenvalue weighted by Gasteiger charge is 2.23. The first-order valence-corrected chi connectivity index (χ1v) is 11.9. The van der Waals surface area contributed by atoms with E-state index < -0.39 is 0 Å². The molecule has 0 spiro atoms. The summed E-state index contributed by atoms with van der Waals surface area (Å²) in [6.07, 6.45) is 12.8. The Morgan fingerprint density at radius 1 is 1.10 bits per heavy atom. The second-order valence-corrected chi connectivity index (χ2v) is 8.78. The predicted molar refractivity (Wildman–Crippen MR) is 126 cm³/mol. The zero-order valence-corrected chi connectivity index (χ0v) is 20.2. The molecule has 3 rings (SSSR count). The highest BCUT2D eigenvalue weighted by Crippen LogP contribution is 2.38. The van der Waals surface area contributed by atoms with Gasteiger partial charge in [-0.25, -0.2) is 9.78 Å². The molecule has 5 nitrogen and oxygen atoms in total. The van der Waals surface area contributed by atoms with Crippen LogP contribution in [-0.2, 0) is 0 Å². The molecule has 1 saturated carbocycles. The van der Waals surface area contributed by atoms with E-state index in [4.69, 9.17) is 9.52 Å². The second kappa shape index (κ2) is 13.6. The number of aliphatic hydroxyl groups is 1. The van der Waals surface area contributed by atoms with E-state index in [1.54, 1.807) is 11.5 Å². The van der Waals surface area contributed by atoms with E-state index in [-0.39, 0.29) is 18.4 Å². The molecule has 0 radical (unpaired) electrons. The van der Waals surface area contributed by atoms with Gasteiger partial charge in [0.25, 0.3) is 0 Å². The smallest absolute Gasteiger partial charge is 0.406 e. The number of aryl methyl sites for hydroxylation is 1. The lowest BCUT2D eigenvalue weighted by Gasteiger charge is -2.32. The number of hydrogen-bond donors (Lipinski definition) is 1. The molecule has 5 heteroatoms. The third-order valence-electron chi connectivity index (χ3n) is 6.12. The fourth-order valence-electron chi connectivity index (χ4n) is 4.16. The SMILES string of the molecule is CCC1(C)CCCCC1.CCCC(CCC)n1c(=O)oc2ccc(C)nc21.CCO. The van der Waals surface area contributed by atoms with Crippen LogP contribution in [0.1, 0.15) is 111 Å². The number of fused-ring (bicyclic) bond motifs is 1. The fourth-order valence-corrected chi connectivity index (χ4v) is 4.16. The van der Waals surface area contributed by atoms with Crippen molar-refractivity contribution in [3.63, 3.8) is 0 Å². The molecular formula is C25H44N2O3. The third-order valence-corrected chi connectivity index (χ3v) is 6.12. The van der Waals surface area contributed by atoms with Crippen molar-refractivity contribution in [2.24, 2.45) is 5.41 Å². The van der Waals surface area contributed by atoms with Crippen LogP contribution in [0.15, 0.2) is 21.3 Å². The molecule has 0 atom stereocenters. The molecule has 30 heavy (non-hydrogen) atoms. The van der Waals surface area contributed by atoms with Gasteiger partial charge in [-0.05, 0) is 57.1 Å². The predicted octanol–water partition coefficient (Wildman–Crippen LogP) is 6.80. The minimum atomic E-state index is -0.282. The normalized spacial score (nSPS) is 15.3. The van der Waals surface area contributed by atoms with Crippen molar-refractivity contribution in [2.75, 3.05) is 6.61 Å². The number of oxazole rings is 1. The molecule has 0 saturated heterocycles. The van der Waals surface area contributed by atoms with Gasteiger partial charge in [0.2, 0.25) is 0 Å². The van der Waals surface area contributed by atoms with Gasteiger partial charge in [-0.15, -0.1) is 0 Å². The molecule has 0 aromatic carbocycles. The van der Waals surface area contributed by atoms with Crippen LogP contribution >= 0.6 is 0 Å². The van der Waals surface area contributed by atoms with Gasteiger partial charge in [0.15, 0.2) is 11.2 Å². The number of hydrogen-bond acceptors (Lipinski definition) is 4. The quantitative estimate of drug-likeness (QED) is 0.557. The summed E-state index contributed by atoms with van der Waals surface area (Å²) in [5, 5.41) is 7.57. The van der Waals surface area contributed by atoms with Crippen molar-refractivity contribution in [3.8, 4) is 0 Å². The first-order valence-electron chi connectivity index (χ1n) is 11.9. The van der Waals surface area contributed by atoms with E-state index in [1.165, 1.54) is 38.5 Å². The fraction of sp³-hybridized carbons (Fsp3) is 0.760. The zero-order valence-electron chi connectivity index (χ0n) is 20.2. The molecular weight excluding hydrogens is 376 g/mol. The van der Waals surface area contributed by atoms with Gasteiger partial charge >= 0.3 is 5.76 Å². The summed E-state index contributed by atoms with van der Waals surface area (Å²) >= 11 is 0. The molecule has 2 aromatic heterocycles. The van der Waals surface area contributed by atoms with Gasteiger partial charge in [0.1, 0.15) is 0 Å². The molecule has 172 valence electrons. The van der Waals surface area contributed by atoms with Crippen LogP contribution in [0.2, 0.25) is 0 Å². The Hall–Kier alpha value is -1.62. The minimum Gasteiger partial charge on any atom is -0.406 e. The summed E-state index contributed by atoms with van der Waals surface area (Å²) in [5.74, 6) is -0.282. The largest absolute Gasteiger partial charge is 0.421 e.